The van der Waals surface area contributed by atoms with Crippen LogP contribution in [0.25, 0.3) is 0 Å². The molecule has 0 aromatic heterocycles. The van der Waals surface area contributed by atoms with Gasteiger partial charge in [-0.2, -0.15) is 0 Å². The molecule has 1 heterocycles. The molecule has 5 nitrogen and oxygen atoms in total. The van der Waals surface area contributed by atoms with Crippen molar-refractivity contribution in [3.8, 4) is 0 Å². The number of ether oxygens (including phenoxy) is 2. The van der Waals surface area contributed by atoms with Gasteiger partial charge in [0, 0.05) is 6.04 Å². The standard InChI is InChI=1S/C9H15NO4/c11-7-3-6(4-7)10-9(12)8-5-13-1-2-14-8/h6-8,11H,1-5H2,(H,10,12). The molecule has 1 unspecified atom stereocenters. The van der Waals surface area contributed by atoms with Crippen LogP contribution >= 0.6 is 0 Å². The molecule has 1 aliphatic heterocycles. The Labute approximate surface area is 82.4 Å². The zero-order valence-corrected chi connectivity index (χ0v) is 7.94. The van der Waals surface area contributed by atoms with Crippen LogP contribution in [0.5, 0.6) is 0 Å². The summed E-state index contributed by atoms with van der Waals surface area (Å²) in [5.41, 5.74) is 0. The number of aliphatic hydroxyl groups excluding tert-OH is 1. The first-order valence-corrected chi connectivity index (χ1v) is 4.93. The minimum absolute atomic E-state index is 0.114. The van der Waals surface area contributed by atoms with Crippen molar-refractivity contribution >= 4 is 5.91 Å². The van der Waals surface area contributed by atoms with Crippen LogP contribution in [0.1, 0.15) is 12.8 Å². The van der Waals surface area contributed by atoms with E-state index in [9.17, 15) is 4.79 Å². The Morgan fingerprint density at radius 1 is 1.36 bits per heavy atom. The van der Waals surface area contributed by atoms with E-state index in [0.29, 0.717) is 32.7 Å². The average Bonchev–Trinajstić information content (AvgIpc) is 2.17. The van der Waals surface area contributed by atoms with Gasteiger partial charge in [-0.1, -0.05) is 0 Å². The SMILES string of the molecule is O=C(NC1CC(O)C1)C1COCCO1. The van der Waals surface area contributed by atoms with Gasteiger partial charge in [0.1, 0.15) is 0 Å². The minimum Gasteiger partial charge on any atom is -0.393 e. The summed E-state index contributed by atoms with van der Waals surface area (Å²) in [6, 6.07) is 0.114. The highest BCUT2D eigenvalue weighted by Crippen LogP contribution is 2.19. The Hall–Kier alpha value is -0.650. The molecule has 0 radical (unpaired) electrons. The van der Waals surface area contributed by atoms with E-state index >= 15 is 0 Å². The van der Waals surface area contributed by atoms with Crippen LogP contribution in [0.4, 0.5) is 0 Å². The van der Waals surface area contributed by atoms with Gasteiger partial charge in [0.25, 0.3) is 5.91 Å². The summed E-state index contributed by atoms with van der Waals surface area (Å²) in [5, 5.41) is 11.8. The molecule has 1 amide bonds. The highest BCUT2D eigenvalue weighted by atomic mass is 16.6. The highest BCUT2D eigenvalue weighted by molar-refractivity contribution is 5.81. The fourth-order valence-electron chi connectivity index (χ4n) is 1.64. The topological polar surface area (TPSA) is 67.8 Å². The fraction of sp³-hybridized carbons (Fsp3) is 0.889. The first kappa shape index (κ1) is 9.89. The third kappa shape index (κ3) is 2.23. The molecule has 1 aliphatic carbocycles. The minimum atomic E-state index is -0.471. The molecular weight excluding hydrogens is 186 g/mol. The summed E-state index contributed by atoms with van der Waals surface area (Å²) in [6.07, 6.45) is 0.587. The van der Waals surface area contributed by atoms with Gasteiger partial charge in [0.2, 0.25) is 0 Å². The predicted molar refractivity (Wildman–Crippen MR) is 47.7 cm³/mol. The van der Waals surface area contributed by atoms with E-state index in [2.05, 4.69) is 5.32 Å². The predicted octanol–water partition coefficient (Wildman–Crippen LogP) is -0.959. The Balaban J connectivity index is 1.71. The van der Waals surface area contributed by atoms with Crippen molar-refractivity contribution in [3.63, 3.8) is 0 Å². The highest BCUT2D eigenvalue weighted by Gasteiger charge is 2.31. The van der Waals surface area contributed by atoms with Crippen molar-refractivity contribution in [3.05, 3.63) is 0 Å². The molecule has 2 N–H and O–H groups in total. The molecule has 1 saturated carbocycles. The van der Waals surface area contributed by atoms with Crippen molar-refractivity contribution in [1.29, 1.82) is 0 Å². The lowest BCUT2D eigenvalue weighted by Crippen LogP contribution is -2.52. The fourth-order valence-corrected chi connectivity index (χ4v) is 1.64. The van der Waals surface area contributed by atoms with Crippen molar-refractivity contribution in [2.45, 2.75) is 31.1 Å². The van der Waals surface area contributed by atoms with E-state index in [1.165, 1.54) is 0 Å². The summed E-state index contributed by atoms with van der Waals surface area (Å²) in [6.45, 7) is 1.37. The lowest BCUT2D eigenvalue weighted by molar-refractivity contribution is -0.149. The lowest BCUT2D eigenvalue weighted by Gasteiger charge is -2.33. The Morgan fingerprint density at radius 3 is 2.71 bits per heavy atom. The number of carbonyl (C=O) groups is 1. The molecule has 2 fully saturated rings. The Kier molecular flexibility index (Phi) is 3.00. The molecule has 0 aromatic rings. The number of nitrogens with one attached hydrogen (secondary N) is 1. The molecular formula is C9H15NO4. The van der Waals surface area contributed by atoms with Crippen LogP contribution in [0.3, 0.4) is 0 Å². The number of aliphatic hydroxyl groups is 1. The average molecular weight is 201 g/mol. The molecule has 5 heteroatoms. The third-order valence-electron chi connectivity index (χ3n) is 2.57. The van der Waals surface area contributed by atoms with Crippen molar-refractivity contribution in [2.24, 2.45) is 0 Å². The van der Waals surface area contributed by atoms with Gasteiger partial charge in [-0.05, 0) is 12.8 Å². The van der Waals surface area contributed by atoms with E-state index in [1.807, 2.05) is 0 Å². The van der Waals surface area contributed by atoms with Crippen LogP contribution in [0.2, 0.25) is 0 Å². The van der Waals surface area contributed by atoms with Crippen LogP contribution in [0, 0.1) is 0 Å². The van der Waals surface area contributed by atoms with Gasteiger partial charge in [-0.3, -0.25) is 4.79 Å². The smallest absolute Gasteiger partial charge is 0.251 e. The van der Waals surface area contributed by atoms with Crippen LogP contribution in [-0.4, -0.2) is 49.1 Å². The second-order valence-electron chi connectivity index (χ2n) is 3.77. The summed E-state index contributed by atoms with van der Waals surface area (Å²) < 4.78 is 10.4. The number of carbonyl (C=O) groups excluding carboxylic acids is 1. The first-order chi connectivity index (χ1) is 6.75. The van der Waals surface area contributed by atoms with Gasteiger partial charge in [0.15, 0.2) is 6.10 Å². The Morgan fingerprint density at radius 2 is 2.14 bits per heavy atom. The first-order valence-electron chi connectivity index (χ1n) is 4.93. The normalized spacial score (nSPS) is 37.4. The van der Waals surface area contributed by atoms with Crippen LogP contribution < -0.4 is 5.32 Å². The third-order valence-corrected chi connectivity index (χ3v) is 2.57. The maximum atomic E-state index is 11.5. The molecule has 1 saturated heterocycles. The summed E-state index contributed by atoms with van der Waals surface area (Å²) in [5.74, 6) is -0.124. The van der Waals surface area contributed by atoms with Gasteiger partial charge in [-0.15, -0.1) is 0 Å². The molecule has 2 aliphatic rings. The van der Waals surface area contributed by atoms with Gasteiger partial charge < -0.3 is 19.9 Å². The number of amides is 1. The van der Waals surface area contributed by atoms with Crippen molar-refractivity contribution in [1.82, 2.24) is 5.32 Å². The van der Waals surface area contributed by atoms with E-state index in [0.717, 1.165) is 0 Å². The quantitative estimate of drug-likeness (QED) is 0.604. The van der Waals surface area contributed by atoms with E-state index < -0.39 is 6.10 Å². The maximum absolute atomic E-state index is 11.5. The largest absolute Gasteiger partial charge is 0.393 e. The van der Waals surface area contributed by atoms with E-state index in [-0.39, 0.29) is 18.1 Å². The molecule has 0 spiro atoms. The second-order valence-corrected chi connectivity index (χ2v) is 3.77. The number of hydrogen-bond donors (Lipinski definition) is 2. The van der Waals surface area contributed by atoms with Gasteiger partial charge in [-0.25, -0.2) is 0 Å². The van der Waals surface area contributed by atoms with Gasteiger partial charge in [0.05, 0.1) is 25.9 Å². The Bertz CT molecular complexity index is 209. The summed E-state index contributed by atoms with van der Waals surface area (Å²) >= 11 is 0. The van der Waals surface area contributed by atoms with Crippen molar-refractivity contribution < 1.29 is 19.4 Å². The monoisotopic (exact) mass is 201 g/mol. The van der Waals surface area contributed by atoms with Gasteiger partial charge >= 0.3 is 0 Å². The number of hydrogen-bond acceptors (Lipinski definition) is 4. The molecule has 0 aromatic carbocycles. The molecule has 14 heavy (non-hydrogen) atoms. The van der Waals surface area contributed by atoms with E-state index in [4.69, 9.17) is 14.6 Å². The molecule has 80 valence electrons. The second kappa shape index (κ2) is 4.25. The molecule has 0 bridgehead atoms. The summed E-state index contributed by atoms with van der Waals surface area (Å²) in [7, 11) is 0. The summed E-state index contributed by atoms with van der Waals surface area (Å²) in [4.78, 5) is 11.5. The molecule has 1 atom stereocenters. The van der Waals surface area contributed by atoms with E-state index in [1.54, 1.807) is 0 Å². The van der Waals surface area contributed by atoms with Crippen LogP contribution in [-0.2, 0) is 14.3 Å². The lowest BCUT2D eigenvalue weighted by atomic mass is 9.89. The van der Waals surface area contributed by atoms with Crippen LogP contribution in [0.15, 0.2) is 0 Å². The number of rotatable bonds is 2. The van der Waals surface area contributed by atoms with Crippen molar-refractivity contribution in [2.75, 3.05) is 19.8 Å². The molecule has 2 rings (SSSR count). The zero-order valence-electron chi connectivity index (χ0n) is 7.94. The maximum Gasteiger partial charge on any atom is 0.251 e. The zero-order chi connectivity index (χ0) is 9.97.